The van der Waals surface area contributed by atoms with Crippen LogP contribution in [-0.2, 0) is 10.8 Å². The minimum absolute atomic E-state index is 0.178. The third kappa shape index (κ3) is 15.7. The molecule has 8 bridgehead atoms. The van der Waals surface area contributed by atoms with Gasteiger partial charge >= 0.3 is 0 Å². The maximum Gasteiger partial charge on any atom is 0.0467 e. The molecule has 8 aliphatic carbocycles. The fourth-order valence-corrected chi connectivity index (χ4v) is 25.2. The summed E-state index contributed by atoms with van der Waals surface area (Å²) in [6.45, 7) is 0. The lowest BCUT2D eigenvalue weighted by atomic mass is 9.44. The SMILES string of the molecule is c1ccc(-c2ccc(N(c3ccc(-c4ccccc4)cc3)c3ccc(-c4ccc(N(c5ccc(-c6ccc(C7C8CC9CC7CC(c7ccc(N(c%10ccc(-c%11ccc(N(c%12ccc(-c%13ccccc%13)cc%12)c%12ccc(-c%13ccccc%13)cc%12)cc%11)cc%10)c%10cccc(-c%11ccccc%11)c%10)cc7)(C9)C8)cc6)cc5)c5ccc(C67CC8CC(CC(C8)C6)C7)cc5)cc4)cc3)cc2)cc1. The molecule has 0 amide bonds. The van der Waals surface area contributed by atoms with Gasteiger partial charge in [0.05, 0.1) is 0 Å². The molecule has 0 spiro atoms. The first-order valence-corrected chi connectivity index (χ1v) is 48.0. The molecular weight excluding hydrogens is 1590 g/mol. The maximum absolute atomic E-state index is 2.52. The van der Waals surface area contributed by atoms with E-state index >= 15 is 0 Å². The molecule has 4 nitrogen and oxygen atoms in total. The van der Waals surface area contributed by atoms with E-state index in [0.29, 0.717) is 23.2 Å². The molecule has 26 rings (SSSR count). The van der Waals surface area contributed by atoms with Gasteiger partial charge in [0.15, 0.2) is 0 Å². The molecule has 0 N–H and O–H groups in total. The second-order valence-electron chi connectivity index (χ2n) is 38.8. The zero-order valence-electron chi connectivity index (χ0n) is 74.6. The van der Waals surface area contributed by atoms with Gasteiger partial charge in [-0.2, -0.15) is 0 Å². The molecule has 8 fully saturated rings. The van der Waals surface area contributed by atoms with Crippen molar-refractivity contribution in [1.29, 1.82) is 0 Å². The van der Waals surface area contributed by atoms with Crippen LogP contribution in [0, 0.1) is 35.5 Å². The average molecular weight is 1700 g/mol. The lowest BCUT2D eigenvalue weighted by molar-refractivity contribution is -0.0256. The molecule has 0 heterocycles. The number of benzene rings is 18. The van der Waals surface area contributed by atoms with Gasteiger partial charge in [-0.05, 0) is 374 Å². The molecule has 0 radical (unpaired) electrons. The van der Waals surface area contributed by atoms with Crippen molar-refractivity contribution >= 4 is 68.2 Å². The number of rotatable bonds is 23. The molecule has 8 aliphatic rings. The maximum atomic E-state index is 2.52. The lowest BCUT2D eigenvalue weighted by Crippen LogP contribution is -2.52. The van der Waals surface area contributed by atoms with Crippen molar-refractivity contribution in [3.05, 3.63) is 484 Å². The average Bonchev–Trinajstić information content (AvgIpc) is 0.708. The van der Waals surface area contributed by atoms with Crippen LogP contribution in [0.2, 0.25) is 0 Å². The van der Waals surface area contributed by atoms with E-state index in [1.165, 1.54) is 176 Å². The van der Waals surface area contributed by atoms with Gasteiger partial charge in [0, 0.05) is 68.2 Å². The van der Waals surface area contributed by atoms with Gasteiger partial charge < -0.3 is 19.6 Å². The van der Waals surface area contributed by atoms with E-state index in [1.807, 2.05) is 0 Å². The zero-order chi connectivity index (χ0) is 87.5. The number of nitrogens with zero attached hydrogens (tertiary/aromatic N) is 4. The Kier molecular flexibility index (Phi) is 21.1. The number of hydrogen-bond donors (Lipinski definition) is 0. The molecule has 18 aromatic rings. The third-order valence-corrected chi connectivity index (χ3v) is 30.9. The summed E-state index contributed by atoms with van der Waals surface area (Å²) >= 11 is 0. The van der Waals surface area contributed by atoms with Crippen LogP contribution >= 0.6 is 0 Å². The van der Waals surface area contributed by atoms with Gasteiger partial charge in [0.25, 0.3) is 0 Å². The highest BCUT2D eigenvalue weighted by atomic mass is 15.2. The van der Waals surface area contributed by atoms with Gasteiger partial charge in [-0.15, -0.1) is 0 Å². The smallest absolute Gasteiger partial charge is 0.0467 e. The molecule has 8 saturated carbocycles. The summed E-state index contributed by atoms with van der Waals surface area (Å²) in [5, 5.41) is 0. The molecule has 0 aromatic heterocycles. The molecule has 4 heteroatoms. The van der Waals surface area contributed by atoms with Crippen LogP contribution in [0.25, 0.3) is 89.0 Å². The fraction of sp³-hybridized carbons (Fsp3) is 0.156. The third-order valence-electron chi connectivity index (χ3n) is 30.9. The zero-order valence-corrected chi connectivity index (χ0v) is 74.6. The Morgan fingerprint density at radius 3 is 0.591 bits per heavy atom. The minimum atomic E-state index is 0.178. The number of anilines is 12. The van der Waals surface area contributed by atoms with Crippen LogP contribution in [0.15, 0.2) is 467 Å². The molecule has 0 saturated heterocycles. The summed E-state index contributed by atoms with van der Waals surface area (Å²) in [7, 11) is 0. The molecule has 18 aromatic carbocycles. The van der Waals surface area contributed by atoms with E-state index in [4.69, 9.17) is 0 Å². The predicted octanol–water partition coefficient (Wildman–Crippen LogP) is 35.2. The standard InChI is InChI=1S/C128H106N4/c1-6-17-93(18-7-1)99-33-55-114(56-34-99)129(115-57-35-100(36-58-115)94-19-8-2-9-20-94)118-65-43-104(44-66-118)105-47-69-121(70-48-105)131(123-73-51-112(52-74-123)127-83-89-77-90(84-127)79-91(78-89)85-127)120-63-41-103(42-64-120)98-29-31-108(32-30-98)126-110-80-92-81-111(126)88-128(86-92,87-110)113-53-75-124(76-54-113)132(125-28-16-27-109(82-125)97-25-14-5-15-26-97)122-71-49-107(50-72-122)106-45-67-119(68-46-106)130(116-59-37-101(38-60-116)95-21-10-3-11-22-95)117-61-39-102(40-62-117)96-23-12-4-13-24-96/h1-76,82,89-92,110-111,126H,77-81,83-88H2. The van der Waals surface area contributed by atoms with Crippen molar-refractivity contribution in [2.24, 2.45) is 35.5 Å². The summed E-state index contributed by atoms with van der Waals surface area (Å²) in [5.74, 6) is 5.33. The summed E-state index contributed by atoms with van der Waals surface area (Å²) in [4.78, 5) is 9.68. The Labute approximate surface area is 778 Å². The van der Waals surface area contributed by atoms with Gasteiger partial charge in [0.1, 0.15) is 0 Å². The molecule has 2 atom stereocenters. The summed E-state index contributed by atoms with van der Waals surface area (Å²) in [6, 6.07) is 174. The van der Waals surface area contributed by atoms with E-state index in [1.54, 1.807) is 5.56 Å². The van der Waals surface area contributed by atoms with Crippen molar-refractivity contribution < 1.29 is 0 Å². The monoisotopic (exact) mass is 1700 g/mol. The van der Waals surface area contributed by atoms with Gasteiger partial charge in [-0.3, -0.25) is 0 Å². The fourth-order valence-electron chi connectivity index (χ4n) is 25.2. The second-order valence-corrected chi connectivity index (χ2v) is 38.8. The van der Waals surface area contributed by atoms with Crippen LogP contribution in [-0.4, -0.2) is 0 Å². The van der Waals surface area contributed by atoms with E-state index in [-0.39, 0.29) is 5.41 Å². The molecule has 132 heavy (non-hydrogen) atoms. The largest absolute Gasteiger partial charge is 0.311 e. The topological polar surface area (TPSA) is 13.0 Å². The van der Waals surface area contributed by atoms with Gasteiger partial charge in [0.2, 0.25) is 0 Å². The number of hydrogen-bond acceptors (Lipinski definition) is 4. The van der Waals surface area contributed by atoms with Gasteiger partial charge in [-0.25, -0.2) is 0 Å². The van der Waals surface area contributed by atoms with Crippen LogP contribution in [0.3, 0.4) is 0 Å². The summed E-state index contributed by atoms with van der Waals surface area (Å²) < 4.78 is 0. The lowest BCUT2D eigenvalue weighted by Gasteiger charge is -2.60. The quantitative estimate of drug-likeness (QED) is 0.0633. The van der Waals surface area contributed by atoms with E-state index in [2.05, 4.69) is 487 Å². The van der Waals surface area contributed by atoms with Gasteiger partial charge in [-0.1, -0.05) is 322 Å². The normalized spacial score (nSPS) is 20.1. The van der Waals surface area contributed by atoms with E-state index < -0.39 is 0 Å². The highest BCUT2D eigenvalue weighted by molar-refractivity contribution is 5.87. The first-order chi connectivity index (χ1) is 65.2. The highest BCUT2D eigenvalue weighted by Crippen LogP contribution is 2.66. The van der Waals surface area contributed by atoms with Crippen molar-refractivity contribution in [3.8, 4) is 89.0 Å². The summed E-state index contributed by atoms with van der Waals surface area (Å²) in [5.41, 5.74) is 37.9. The molecule has 638 valence electrons. The Bertz CT molecular complexity index is 6820. The second kappa shape index (κ2) is 34.5. The van der Waals surface area contributed by atoms with Crippen molar-refractivity contribution in [1.82, 2.24) is 0 Å². The molecule has 0 aliphatic heterocycles. The highest BCUT2D eigenvalue weighted by Gasteiger charge is 2.56. The van der Waals surface area contributed by atoms with Crippen molar-refractivity contribution in [3.63, 3.8) is 0 Å². The van der Waals surface area contributed by atoms with Crippen LogP contribution in [0.4, 0.5) is 68.2 Å². The Morgan fingerprint density at radius 2 is 0.341 bits per heavy atom. The van der Waals surface area contributed by atoms with E-state index in [0.717, 1.165) is 86.2 Å². The van der Waals surface area contributed by atoms with Crippen molar-refractivity contribution in [2.75, 3.05) is 19.6 Å². The van der Waals surface area contributed by atoms with Crippen LogP contribution < -0.4 is 19.6 Å². The Hall–Kier alpha value is -14.8. The first-order valence-electron chi connectivity index (χ1n) is 48.0. The Balaban J connectivity index is 0.481. The molecular formula is C128H106N4. The molecule has 2 unspecified atom stereocenters. The van der Waals surface area contributed by atoms with Crippen LogP contribution in [0.5, 0.6) is 0 Å². The first kappa shape index (κ1) is 80.5. The predicted molar refractivity (Wildman–Crippen MR) is 553 cm³/mol. The van der Waals surface area contributed by atoms with E-state index in [9.17, 15) is 0 Å². The minimum Gasteiger partial charge on any atom is -0.311 e. The van der Waals surface area contributed by atoms with Crippen molar-refractivity contribution in [2.45, 2.75) is 87.4 Å². The van der Waals surface area contributed by atoms with Crippen LogP contribution in [0.1, 0.15) is 93.2 Å². The Morgan fingerprint density at radius 1 is 0.152 bits per heavy atom. The summed E-state index contributed by atoms with van der Waals surface area (Å²) in [6.07, 6.45) is 14.9.